The Balaban J connectivity index is 1.44. The molecule has 0 bridgehead atoms. The molecule has 29 heavy (non-hydrogen) atoms. The zero-order valence-electron chi connectivity index (χ0n) is 16.3. The molecule has 0 radical (unpaired) electrons. The monoisotopic (exact) mass is 422 g/mol. The number of nitrogens with zero attached hydrogens (tertiary/aromatic N) is 1. The number of carbonyl (C=O) groups excluding carboxylic acids is 1. The SMILES string of the molecule is CSc1ccccc1CN1CCC(CNC(=O)c2ccc(C(F)(F)F)cc2)CC1. The molecule has 0 spiro atoms. The van der Waals surface area contributed by atoms with Crippen molar-refractivity contribution in [3.63, 3.8) is 0 Å². The normalized spacial score (nSPS) is 16.0. The molecule has 2 aromatic rings. The first kappa shape index (κ1) is 21.7. The highest BCUT2D eigenvalue weighted by atomic mass is 32.2. The van der Waals surface area contributed by atoms with Gasteiger partial charge < -0.3 is 5.32 Å². The fourth-order valence-electron chi connectivity index (χ4n) is 3.57. The fraction of sp³-hybridized carbons (Fsp3) is 0.409. The lowest BCUT2D eigenvalue weighted by Crippen LogP contribution is -2.38. The number of carbonyl (C=O) groups is 1. The van der Waals surface area contributed by atoms with Crippen LogP contribution in [0.2, 0.25) is 0 Å². The number of amides is 1. The van der Waals surface area contributed by atoms with Crippen molar-refractivity contribution in [3.05, 3.63) is 65.2 Å². The average Bonchev–Trinajstić information content (AvgIpc) is 2.73. The quantitative estimate of drug-likeness (QED) is 0.660. The Morgan fingerprint density at radius 1 is 1.10 bits per heavy atom. The maximum Gasteiger partial charge on any atom is 0.416 e. The summed E-state index contributed by atoms with van der Waals surface area (Å²) in [4.78, 5) is 16.0. The third kappa shape index (κ3) is 6.00. The molecule has 1 fully saturated rings. The molecule has 0 aliphatic carbocycles. The number of hydrogen-bond donors (Lipinski definition) is 1. The largest absolute Gasteiger partial charge is 0.416 e. The van der Waals surface area contributed by atoms with Crippen LogP contribution in [0.3, 0.4) is 0 Å². The number of thioether (sulfide) groups is 1. The molecule has 7 heteroatoms. The van der Waals surface area contributed by atoms with Gasteiger partial charge >= 0.3 is 6.18 Å². The van der Waals surface area contributed by atoms with Gasteiger partial charge in [0.05, 0.1) is 5.56 Å². The van der Waals surface area contributed by atoms with Gasteiger partial charge in [0.1, 0.15) is 0 Å². The van der Waals surface area contributed by atoms with Gasteiger partial charge in [-0.1, -0.05) is 18.2 Å². The number of nitrogens with one attached hydrogen (secondary N) is 1. The van der Waals surface area contributed by atoms with Gasteiger partial charge in [0, 0.05) is 23.5 Å². The lowest BCUT2D eigenvalue weighted by molar-refractivity contribution is -0.137. The van der Waals surface area contributed by atoms with Gasteiger partial charge in [-0.2, -0.15) is 13.2 Å². The molecule has 3 rings (SSSR count). The summed E-state index contributed by atoms with van der Waals surface area (Å²) in [5.74, 6) is 0.0653. The number of halogens is 3. The molecule has 1 saturated heterocycles. The fourth-order valence-corrected chi connectivity index (χ4v) is 4.18. The van der Waals surface area contributed by atoms with Gasteiger partial charge in [-0.15, -0.1) is 11.8 Å². The van der Waals surface area contributed by atoms with Crippen LogP contribution in [0.5, 0.6) is 0 Å². The lowest BCUT2D eigenvalue weighted by atomic mass is 9.96. The minimum Gasteiger partial charge on any atom is -0.352 e. The number of benzene rings is 2. The van der Waals surface area contributed by atoms with Crippen molar-refractivity contribution in [2.24, 2.45) is 5.92 Å². The van der Waals surface area contributed by atoms with Crippen molar-refractivity contribution in [2.75, 3.05) is 25.9 Å². The zero-order valence-corrected chi connectivity index (χ0v) is 17.2. The van der Waals surface area contributed by atoms with E-state index in [9.17, 15) is 18.0 Å². The van der Waals surface area contributed by atoms with Crippen molar-refractivity contribution in [3.8, 4) is 0 Å². The van der Waals surface area contributed by atoms with Gasteiger partial charge in [0.2, 0.25) is 0 Å². The van der Waals surface area contributed by atoms with Crippen LogP contribution >= 0.6 is 11.8 Å². The summed E-state index contributed by atoms with van der Waals surface area (Å²) in [6, 6.07) is 12.8. The Hall–Kier alpha value is -1.99. The molecule has 156 valence electrons. The van der Waals surface area contributed by atoms with Crippen LogP contribution in [-0.4, -0.2) is 36.7 Å². The van der Waals surface area contributed by atoms with Crippen molar-refractivity contribution in [1.29, 1.82) is 0 Å². The second-order valence-corrected chi connectivity index (χ2v) is 8.16. The zero-order chi connectivity index (χ0) is 20.9. The Morgan fingerprint density at radius 2 is 1.76 bits per heavy atom. The predicted molar refractivity (Wildman–Crippen MR) is 110 cm³/mol. The number of likely N-dealkylation sites (tertiary alicyclic amines) is 1. The second-order valence-electron chi connectivity index (χ2n) is 7.32. The van der Waals surface area contributed by atoms with Crippen LogP contribution in [0, 0.1) is 5.92 Å². The topological polar surface area (TPSA) is 32.3 Å². The summed E-state index contributed by atoms with van der Waals surface area (Å²) < 4.78 is 37.9. The van der Waals surface area contributed by atoms with E-state index in [0.717, 1.165) is 44.6 Å². The molecule has 1 aliphatic heterocycles. The number of rotatable bonds is 6. The highest BCUT2D eigenvalue weighted by Gasteiger charge is 2.30. The Labute approximate surface area is 173 Å². The summed E-state index contributed by atoms with van der Waals surface area (Å²) in [6.07, 6.45) is -0.312. The van der Waals surface area contributed by atoms with E-state index < -0.39 is 11.7 Å². The molecule has 0 atom stereocenters. The summed E-state index contributed by atoms with van der Waals surface area (Å²) in [5.41, 5.74) is 0.850. The van der Waals surface area contributed by atoms with Gasteiger partial charge in [0.15, 0.2) is 0 Å². The van der Waals surface area contributed by atoms with Crippen molar-refractivity contribution in [1.82, 2.24) is 10.2 Å². The highest BCUT2D eigenvalue weighted by molar-refractivity contribution is 7.98. The van der Waals surface area contributed by atoms with E-state index in [2.05, 4.69) is 40.7 Å². The third-order valence-electron chi connectivity index (χ3n) is 5.32. The Bertz CT molecular complexity index is 816. The van der Waals surface area contributed by atoms with Gasteiger partial charge in [-0.05, 0) is 74.0 Å². The second kappa shape index (κ2) is 9.67. The van der Waals surface area contributed by atoms with Gasteiger partial charge in [0.25, 0.3) is 5.91 Å². The molecule has 1 amide bonds. The average molecular weight is 423 g/mol. The molecule has 1 aliphatic rings. The lowest BCUT2D eigenvalue weighted by Gasteiger charge is -2.32. The van der Waals surface area contributed by atoms with E-state index in [0.29, 0.717) is 12.5 Å². The van der Waals surface area contributed by atoms with Crippen LogP contribution in [0.25, 0.3) is 0 Å². The van der Waals surface area contributed by atoms with Crippen LogP contribution in [0.4, 0.5) is 13.2 Å². The summed E-state index contributed by atoms with van der Waals surface area (Å²) in [6.45, 7) is 3.43. The van der Waals surface area contributed by atoms with Crippen molar-refractivity contribution >= 4 is 17.7 Å². The third-order valence-corrected chi connectivity index (χ3v) is 6.16. The molecule has 0 unspecified atom stereocenters. The molecule has 1 N–H and O–H groups in total. The van der Waals surface area contributed by atoms with E-state index in [1.54, 1.807) is 11.8 Å². The molecular weight excluding hydrogens is 397 g/mol. The van der Waals surface area contributed by atoms with Crippen molar-refractivity contribution < 1.29 is 18.0 Å². The first-order chi connectivity index (χ1) is 13.9. The van der Waals surface area contributed by atoms with Crippen LogP contribution in [0.15, 0.2) is 53.4 Å². The molecule has 0 saturated carbocycles. The summed E-state index contributed by atoms with van der Waals surface area (Å²) in [5, 5.41) is 2.87. The molecule has 3 nitrogen and oxygen atoms in total. The number of alkyl halides is 3. The number of piperidine rings is 1. The molecule has 0 aromatic heterocycles. The molecule has 2 aromatic carbocycles. The van der Waals surface area contributed by atoms with E-state index in [-0.39, 0.29) is 11.5 Å². The summed E-state index contributed by atoms with van der Waals surface area (Å²) >= 11 is 1.76. The minimum absolute atomic E-state index is 0.254. The molecular formula is C22H25F3N2OS. The number of hydrogen-bond acceptors (Lipinski definition) is 3. The van der Waals surface area contributed by atoms with E-state index >= 15 is 0 Å². The van der Waals surface area contributed by atoms with Gasteiger partial charge in [-0.3, -0.25) is 9.69 Å². The van der Waals surface area contributed by atoms with Crippen LogP contribution in [-0.2, 0) is 12.7 Å². The summed E-state index contributed by atoms with van der Waals surface area (Å²) in [7, 11) is 0. The predicted octanol–water partition coefficient (Wildman–Crippen LogP) is 5.07. The maximum absolute atomic E-state index is 12.6. The van der Waals surface area contributed by atoms with Crippen LogP contribution < -0.4 is 5.32 Å². The van der Waals surface area contributed by atoms with Crippen LogP contribution in [0.1, 0.15) is 34.3 Å². The van der Waals surface area contributed by atoms with Crippen molar-refractivity contribution in [2.45, 2.75) is 30.5 Å². The molecule has 1 heterocycles. The van der Waals surface area contributed by atoms with E-state index in [1.165, 1.54) is 22.6 Å². The van der Waals surface area contributed by atoms with E-state index in [1.807, 2.05) is 0 Å². The Morgan fingerprint density at radius 3 is 2.38 bits per heavy atom. The van der Waals surface area contributed by atoms with E-state index in [4.69, 9.17) is 0 Å². The first-order valence-electron chi connectivity index (χ1n) is 9.66. The smallest absolute Gasteiger partial charge is 0.352 e. The Kier molecular flexibility index (Phi) is 7.24. The highest BCUT2D eigenvalue weighted by Crippen LogP contribution is 2.29. The van der Waals surface area contributed by atoms with Gasteiger partial charge in [-0.25, -0.2) is 0 Å². The standard InChI is InChI=1S/C22H25F3N2OS/c1-29-20-5-3-2-4-18(20)15-27-12-10-16(11-13-27)14-26-21(28)17-6-8-19(9-7-17)22(23,24)25/h2-9,16H,10-15H2,1H3,(H,26,28). The maximum atomic E-state index is 12.6. The minimum atomic E-state index is -4.39. The first-order valence-corrected chi connectivity index (χ1v) is 10.9.